The largest absolute Gasteiger partial charge is 0.399 e. The summed E-state index contributed by atoms with van der Waals surface area (Å²) in [6, 6.07) is 7.96. The maximum absolute atomic E-state index is 8.67. The molecule has 3 heteroatoms. The number of hydrogen-bond donors (Lipinski definition) is 2. The van der Waals surface area contributed by atoms with Crippen LogP contribution in [0, 0.1) is 0 Å². The van der Waals surface area contributed by atoms with Gasteiger partial charge in [-0.15, -0.1) is 0 Å². The van der Waals surface area contributed by atoms with Crippen molar-refractivity contribution >= 4 is 5.69 Å². The first-order valence-corrected chi connectivity index (χ1v) is 5.36. The third-order valence-corrected chi connectivity index (χ3v) is 2.35. The summed E-state index contributed by atoms with van der Waals surface area (Å²) in [5.74, 6) is 0. The molecule has 0 aliphatic carbocycles. The number of aliphatic hydroxyl groups is 1. The Bertz CT molecular complexity index is 289. The molecule has 0 saturated carbocycles. The van der Waals surface area contributed by atoms with Crippen LogP contribution in [0.4, 0.5) is 5.69 Å². The first-order valence-electron chi connectivity index (χ1n) is 5.36. The van der Waals surface area contributed by atoms with Crippen LogP contribution in [0.2, 0.25) is 0 Å². The lowest BCUT2D eigenvalue weighted by atomic mass is 10.2. The second-order valence-corrected chi connectivity index (χ2v) is 3.91. The Morgan fingerprint density at radius 1 is 1.33 bits per heavy atom. The summed E-state index contributed by atoms with van der Waals surface area (Å²) in [6.07, 6.45) is 1.91. The zero-order chi connectivity index (χ0) is 11.1. The van der Waals surface area contributed by atoms with Crippen LogP contribution < -0.4 is 5.73 Å². The van der Waals surface area contributed by atoms with Crippen LogP contribution in [0.5, 0.6) is 0 Å². The van der Waals surface area contributed by atoms with Crippen molar-refractivity contribution in [3.8, 4) is 0 Å². The van der Waals surface area contributed by atoms with Crippen LogP contribution in [0.3, 0.4) is 0 Å². The van der Waals surface area contributed by atoms with E-state index in [1.54, 1.807) is 0 Å². The van der Waals surface area contributed by atoms with Gasteiger partial charge in [-0.2, -0.15) is 0 Å². The molecule has 15 heavy (non-hydrogen) atoms. The zero-order valence-electron chi connectivity index (χ0n) is 9.32. The molecule has 0 aliphatic rings. The third-order valence-electron chi connectivity index (χ3n) is 2.35. The van der Waals surface area contributed by atoms with Crippen molar-refractivity contribution < 1.29 is 5.11 Å². The zero-order valence-corrected chi connectivity index (χ0v) is 9.32. The van der Waals surface area contributed by atoms with Gasteiger partial charge in [0.1, 0.15) is 0 Å². The summed E-state index contributed by atoms with van der Waals surface area (Å²) in [5, 5.41) is 8.67. The normalized spacial score (nSPS) is 10.9. The fraction of sp³-hybridized carbons (Fsp3) is 0.500. The van der Waals surface area contributed by atoms with Crippen LogP contribution in [-0.4, -0.2) is 30.2 Å². The number of benzene rings is 1. The van der Waals surface area contributed by atoms with Crippen LogP contribution in [-0.2, 0) is 6.54 Å². The monoisotopic (exact) mass is 208 g/mol. The fourth-order valence-corrected chi connectivity index (χ4v) is 1.58. The minimum atomic E-state index is 0.284. The van der Waals surface area contributed by atoms with E-state index < -0.39 is 0 Å². The van der Waals surface area contributed by atoms with Crippen molar-refractivity contribution in [2.45, 2.75) is 19.4 Å². The van der Waals surface area contributed by atoms with Crippen molar-refractivity contribution in [2.75, 3.05) is 25.9 Å². The molecule has 3 nitrogen and oxygen atoms in total. The molecule has 1 aromatic rings. The van der Waals surface area contributed by atoms with E-state index in [2.05, 4.69) is 18.0 Å². The summed E-state index contributed by atoms with van der Waals surface area (Å²) in [7, 11) is 2.08. The van der Waals surface area contributed by atoms with Crippen molar-refractivity contribution in [3.63, 3.8) is 0 Å². The van der Waals surface area contributed by atoms with Crippen LogP contribution in [0.25, 0.3) is 0 Å². The second-order valence-electron chi connectivity index (χ2n) is 3.91. The van der Waals surface area contributed by atoms with E-state index in [1.165, 1.54) is 5.56 Å². The molecule has 1 aromatic carbocycles. The molecule has 0 spiro atoms. The van der Waals surface area contributed by atoms with Gasteiger partial charge in [-0.25, -0.2) is 0 Å². The van der Waals surface area contributed by atoms with E-state index in [1.807, 2.05) is 18.2 Å². The van der Waals surface area contributed by atoms with E-state index in [0.717, 1.165) is 31.6 Å². The van der Waals surface area contributed by atoms with Gasteiger partial charge in [-0.1, -0.05) is 12.1 Å². The topological polar surface area (TPSA) is 49.5 Å². The smallest absolute Gasteiger partial charge is 0.0431 e. The number of aliphatic hydroxyl groups excluding tert-OH is 1. The molecule has 0 radical (unpaired) electrons. The molecule has 0 aromatic heterocycles. The van der Waals surface area contributed by atoms with Crippen LogP contribution >= 0.6 is 0 Å². The van der Waals surface area contributed by atoms with E-state index in [4.69, 9.17) is 10.8 Å². The molecule has 0 aliphatic heterocycles. The van der Waals surface area contributed by atoms with Crippen molar-refractivity contribution in [3.05, 3.63) is 29.8 Å². The predicted molar refractivity (Wildman–Crippen MR) is 63.5 cm³/mol. The second kappa shape index (κ2) is 6.43. The Morgan fingerprint density at radius 3 is 2.80 bits per heavy atom. The minimum Gasteiger partial charge on any atom is -0.399 e. The van der Waals surface area contributed by atoms with Gasteiger partial charge in [0.25, 0.3) is 0 Å². The molecule has 0 fully saturated rings. The van der Waals surface area contributed by atoms with E-state index in [9.17, 15) is 0 Å². The highest BCUT2D eigenvalue weighted by Gasteiger charge is 2.00. The predicted octanol–water partition coefficient (Wildman–Crippen LogP) is 1.47. The summed E-state index contributed by atoms with van der Waals surface area (Å²) in [5.41, 5.74) is 7.76. The van der Waals surface area contributed by atoms with E-state index in [0.29, 0.717) is 0 Å². The number of nitrogen functional groups attached to an aromatic ring is 1. The Hall–Kier alpha value is -1.06. The van der Waals surface area contributed by atoms with Gasteiger partial charge in [-0.05, 0) is 44.1 Å². The van der Waals surface area contributed by atoms with Crippen molar-refractivity contribution in [1.29, 1.82) is 0 Å². The average molecular weight is 208 g/mol. The molecular weight excluding hydrogens is 188 g/mol. The molecule has 0 unspecified atom stereocenters. The van der Waals surface area contributed by atoms with E-state index in [-0.39, 0.29) is 6.61 Å². The standard InChI is InChI=1S/C12H20N2O/c1-14(7-2-3-8-15)10-11-5-4-6-12(13)9-11/h4-6,9,15H,2-3,7-8,10,13H2,1H3. The first kappa shape index (κ1) is 12.0. The van der Waals surface area contributed by atoms with Gasteiger partial charge in [0.2, 0.25) is 0 Å². The molecule has 0 saturated heterocycles. The number of anilines is 1. The molecule has 1 rings (SSSR count). The quantitative estimate of drug-likeness (QED) is 0.550. The molecule has 0 heterocycles. The summed E-state index contributed by atoms with van der Waals surface area (Å²) in [4.78, 5) is 2.24. The molecule has 0 amide bonds. The highest BCUT2D eigenvalue weighted by molar-refractivity contribution is 5.40. The summed E-state index contributed by atoms with van der Waals surface area (Å²) in [6.45, 7) is 2.21. The SMILES string of the molecule is CN(CCCCO)Cc1cccc(N)c1. The van der Waals surface area contributed by atoms with E-state index >= 15 is 0 Å². The van der Waals surface area contributed by atoms with Gasteiger partial charge < -0.3 is 15.7 Å². The Balaban J connectivity index is 2.34. The number of unbranched alkanes of at least 4 members (excludes halogenated alkanes) is 1. The lowest BCUT2D eigenvalue weighted by Crippen LogP contribution is -2.19. The summed E-state index contributed by atoms with van der Waals surface area (Å²) < 4.78 is 0. The van der Waals surface area contributed by atoms with Gasteiger partial charge >= 0.3 is 0 Å². The lowest BCUT2D eigenvalue weighted by molar-refractivity contribution is 0.261. The fourth-order valence-electron chi connectivity index (χ4n) is 1.58. The number of nitrogens with two attached hydrogens (primary N) is 1. The van der Waals surface area contributed by atoms with Crippen molar-refractivity contribution in [2.24, 2.45) is 0 Å². The molecule has 0 atom stereocenters. The molecular formula is C12H20N2O. The van der Waals surface area contributed by atoms with Crippen molar-refractivity contribution in [1.82, 2.24) is 4.90 Å². The third kappa shape index (κ3) is 4.81. The molecule has 3 N–H and O–H groups in total. The Kier molecular flexibility index (Phi) is 5.15. The molecule has 0 bridgehead atoms. The Morgan fingerprint density at radius 2 is 2.13 bits per heavy atom. The van der Waals surface area contributed by atoms with Gasteiger partial charge in [0, 0.05) is 18.8 Å². The highest BCUT2D eigenvalue weighted by Crippen LogP contribution is 2.08. The lowest BCUT2D eigenvalue weighted by Gasteiger charge is -2.16. The van der Waals surface area contributed by atoms with Gasteiger partial charge in [0.15, 0.2) is 0 Å². The summed E-state index contributed by atoms with van der Waals surface area (Å²) >= 11 is 0. The Labute approximate surface area is 91.5 Å². The molecule has 84 valence electrons. The maximum atomic E-state index is 8.67. The van der Waals surface area contributed by atoms with Crippen LogP contribution in [0.15, 0.2) is 24.3 Å². The average Bonchev–Trinajstić information content (AvgIpc) is 2.18. The minimum absolute atomic E-state index is 0.284. The highest BCUT2D eigenvalue weighted by atomic mass is 16.2. The number of nitrogens with zero attached hydrogens (tertiary/aromatic N) is 1. The maximum Gasteiger partial charge on any atom is 0.0431 e. The van der Waals surface area contributed by atoms with Crippen LogP contribution in [0.1, 0.15) is 18.4 Å². The van der Waals surface area contributed by atoms with Gasteiger partial charge in [-0.3, -0.25) is 0 Å². The van der Waals surface area contributed by atoms with Gasteiger partial charge in [0.05, 0.1) is 0 Å². The first-order chi connectivity index (χ1) is 7.22. The number of hydrogen-bond acceptors (Lipinski definition) is 3. The number of rotatable bonds is 6.